The molecule has 1 aromatic heterocycles. The molecule has 7 heteroatoms. The molecular formula is C11H12N4O3. The second kappa shape index (κ2) is 4.92. The van der Waals surface area contributed by atoms with Crippen molar-refractivity contribution >= 4 is 18.2 Å². The van der Waals surface area contributed by atoms with Gasteiger partial charge in [-0.3, -0.25) is 15.1 Å². The van der Waals surface area contributed by atoms with Crippen LogP contribution in [0.5, 0.6) is 0 Å². The molecule has 0 saturated carbocycles. The van der Waals surface area contributed by atoms with Crippen LogP contribution < -0.4 is 11.1 Å². The van der Waals surface area contributed by atoms with Gasteiger partial charge in [-0.25, -0.2) is 4.79 Å². The van der Waals surface area contributed by atoms with E-state index in [2.05, 4.69) is 10.3 Å². The van der Waals surface area contributed by atoms with Gasteiger partial charge in [-0.05, 0) is 11.6 Å². The highest BCUT2D eigenvalue weighted by Gasteiger charge is 2.38. The second-order valence-corrected chi connectivity index (χ2v) is 3.94. The zero-order valence-corrected chi connectivity index (χ0v) is 9.45. The molecule has 3 N–H and O–H groups in total. The van der Waals surface area contributed by atoms with Crippen LogP contribution in [0.2, 0.25) is 0 Å². The molecule has 0 spiro atoms. The Morgan fingerprint density at radius 1 is 1.50 bits per heavy atom. The summed E-state index contributed by atoms with van der Waals surface area (Å²) in [7, 11) is 0. The first kappa shape index (κ1) is 12.2. The van der Waals surface area contributed by atoms with Gasteiger partial charge in [0.15, 0.2) is 0 Å². The highest BCUT2D eigenvalue weighted by atomic mass is 16.2. The Kier molecular flexibility index (Phi) is 3.33. The number of aldehydes is 1. The summed E-state index contributed by atoms with van der Waals surface area (Å²) in [5.41, 5.74) is 6.52. The van der Waals surface area contributed by atoms with Crippen molar-refractivity contribution in [1.82, 2.24) is 15.2 Å². The minimum atomic E-state index is -1.04. The Morgan fingerprint density at radius 2 is 2.28 bits per heavy atom. The number of rotatable bonds is 3. The predicted octanol–water partition coefficient (Wildman–Crippen LogP) is -0.767. The molecule has 0 aliphatic carbocycles. The first-order chi connectivity index (χ1) is 8.63. The van der Waals surface area contributed by atoms with Crippen LogP contribution in [-0.4, -0.2) is 34.3 Å². The summed E-state index contributed by atoms with van der Waals surface area (Å²) in [6.45, 7) is 0.193. The molecule has 1 saturated heterocycles. The number of carbonyl (C=O) groups is 3. The van der Waals surface area contributed by atoms with E-state index in [0.717, 1.165) is 5.56 Å². The molecule has 2 rings (SSSR count). The Bertz CT molecular complexity index is 476. The largest absolute Gasteiger partial charge is 0.325 e. The zero-order chi connectivity index (χ0) is 13.1. The number of nitrogens with two attached hydrogens (primary N) is 1. The molecule has 0 aromatic carbocycles. The van der Waals surface area contributed by atoms with E-state index < -0.39 is 24.0 Å². The van der Waals surface area contributed by atoms with Gasteiger partial charge in [0.1, 0.15) is 18.4 Å². The lowest BCUT2D eigenvalue weighted by atomic mass is 10.0. The van der Waals surface area contributed by atoms with Crippen LogP contribution in [0.4, 0.5) is 4.79 Å². The number of urea groups is 1. The SMILES string of the molecule is NC1C(C=O)C(=O)NC(=O)N1Cc1cccnc1. The van der Waals surface area contributed by atoms with Crippen molar-refractivity contribution in [1.29, 1.82) is 0 Å². The average Bonchev–Trinajstić information content (AvgIpc) is 2.36. The molecule has 2 atom stereocenters. The van der Waals surface area contributed by atoms with Crippen LogP contribution in [0.15, 0.2) is 24.5 Å². The first-order valence-electron chi connectivity index (χ1n) is 5.34. The fourth-order valence-electron chi connectivity index (χ4n) is 1.75. The van der Waals surface area contributed by atoms with E-state index in [1.165, 1.54) is 4.90 Å². The number of nitrogens with one attached hydrogen (secondary N) is 1. The number of amides is 3. The number of nitrogens with zero attached hydrogens (tertiary/aromatic N) is 2. The molecule has 3 amide bonds. The van der Waals surface area contributed by atoms with Crippen molar-refractivity contribution in [2.24, 2.45) is 11.7 Å². The Hall–Kier alpha value is -2.28. The number of hydrogen-bond donors (Lipinski definition) is 2. The molecular weight excluding hydrogens is 236 g/mol. The lowest BCUT2D eigenvalue weighted by molar-refractivity contribution is -0.132. The number of hydrogen-bond acceptors (Lipinski definition) is 5. The molecule has 1 fully saturated rings. The molecule has 1 aliphatic heterocycles. The minimum absolute atomic E-state index is 0.193. The third-order valence-corrected chi connectivity index (χ3v) is 2.74. The number of imide groups is 1. The van der Waals surface area contributed by atoms with Crippen LogP contribution >= 0.6 is 0 Å². The van der Waals surface area contributed by atoms with E-state index in [1.807, 2.05) is 0 Å². The lowest BCUT2D eigenvalue weighted by Gasteiger charge is -2.35. The molecule has 18 heavy (non-hydrogen) atoms. The van der Waals surface area contributed by atoms with Gasteiger partial charge >= 0.3 is 6.03 Å². The summed E-state index contributed by atoms with van der Waals surface area (Å²) in [4.78, 5) is 39.0. The van der Waals surface area contributed by atoms with Crippen molar-refractivity contribution in [2.75, 3.05) is 0 Å². The molecule has 7 nitrogen and oxygen atoms in total. The third kappa shape index (κ3) is 2.21. The highest BCUT2D eigenvalue weighted by molar-refractivity contribution is 6.04. The van der Waals surface area contributed by atoms with Gasteiger partial charge in [0.2, 0.25) is 5.91 Å². The molecule has 94 valence electrons. The summed E-state index contributed by atoms with van der Waals surface area (Å²) in [6.07, 6.45) is 2.69. The Morgan fingerprint density at radius 3 is 2.89 bits per heavy atom. The van der Waals surface area contributed by atoms with Crippen molar-refractivity contribution in [3.8, 4) is 0 Å². The topological polar surface area (TPSA) is 105 Å². The van der Waals surface area contributed by atoms with Crippen molar-refractivity contribution in [2.45, 2.75) is 12.7 Å². The summed E-state index contributed by atoms with van der Waals surface area (Å²) < 4.78 is 0. The van der Waals surface area contributed by atoms with Crippen molar-refractivity contribution < 1.29 is 14.4 Å². The van der Waals surface area contributed by atoms with Crippen LogP contribution in [-0.2, 0) is 16.1 Å². The Balaban J connectivity index is 2.18. The fraction of sp³-hybridized carbons (Fsp3) is 0.273. The molecule has 2 heterocycles. The van der Waals surface area contributed by atoms with E-state index in [4.69, 9.17) is 5.73 Å². The van der Waals surface area contributed by atoms with Crippen molar-refractivity contribution in [3.05, 3.63) is 30.1 Å². The summed E-state index contributed by atoms with van der Waals surface area (Å²) in [6, 6.07) is 2.90. The maximum atomic E-state index is 11.7. The van der Waals surface area contributed by atoms with Gasteiger partial charge in [0.25, 0.3) is 0 Å². The van der Waals surface area contributed by atoms with E-state index in [-0.39, 0.29) is 6.54 Å². The number of pyridine rings is 1. The summed E-state index contributed by atoms with van der Waals surface area (Å²) in [5, 5.41) is 2.10. The lowest BCUT2D eigenvalue weighted by Crippen LogP contribution is -2.63. The maximum absolute atomic E-state index is 11.7. The van der Waals surface area contributed by atoms with Gasteiger partial charge in [-0.1, -0.05) is 6.07 Å². The van der Waals surface area contributed by atoms with Gasteiger partial charge in [-0.2, -0.15) is 0 Å². The summed E-state index contributed by atoms with van der Waals surface area (Å²) in [5.74, 6) is -1.70. The Labute approximate surface area is 103 Å². The smallest absolute Gasteiger partial charge is 0.310 e. The van der Waals surface area contributed by atoms with E-state index in [0.29, 0.717) is 6.29 Å². The fourth-order valence-corrected chi connectivity index (χ4v) is 1.75. The monoisotopic (exact) mass is 248 g/mol. The molecule has 1 aromatic rings. The molecule has 0 radical (unpaired) electrons. The molecule has 0 bridgehead atoms. The van der Waals surface area contributed by atoms with Gasteiger partial charge in [0, 0.05) is 12.4 Å². The van der Waals surface area contributed by atoms with Gasteiger partial charge in [0.05, 0.1) is 6.54 Å². The standard InChI is InChI=1S/C11H12N4O3/c12-9-8(6-16)10(17)14-11(18)15(9)5-7-2-1-3-13-4-7/h1-4,6,8-9H,5,12H2,(H,14,17,18). The normalized spacial score (nSPS) is 23.7. The summed E-state index contributed by atoms with van der Waals surface area (Å²) >= 11 is 0. The molecule has 2 unspecified atom stereocenters. The third-order valence-electron chi connectivity index (χ3n) is 2.74. The van der Waals surface area contributed by atoms with Crippen LogP contribution in [0.25, 0.3) is 0 Å². The zero-order valence-electron chi connectivity index (χ0n) is 9.45. The second-order valence-electron chi connectivity index (χ2n) is 3.94. The first-order valence-corrected chi connectivity index (χ1v) is 5.34. The van der Waals surface area contributed by atoms with Crippen LogP contribution in [0.1, 0.15) is 5.56 Å². The van der Waals surface area contributed by atoms with Crippen LogP contribution in [0, 0.1) is 5.92 Å². The van der Waals surface area contributed by atoms with E-state index in [9.17, 15) is 14.4 Å². The van der Waals surface area contributed by atoms with E-state index in [1.54, 1.807) is 24.5 Å². The highest BCUT2D eigenvalue weighted by Crippen LogP contribution is 2.14. The number of aromatic nitrogens is 1. The van der Waals surface area contributed by atoms with Crippen molar-refractivity contribution in [3.63, 3.8) is 0 Å². The quantitative estimate of drug-likeness (QED) is 0.540. The minimum Gasteiger partial charge on any atom is -0.310 e. The van der Waals surface area contributed by atoms with Gasteiger partial charge in [-0.15, -0.1) is 0 Å². The molecule has 1 aliphatic rings. The van der Waals surface area contributed by atoms with E-state index >= 15 is 0 Å². The average molecular weight is 248 g/mol. The van der Waals surface area contributed by atoms with Crippen LogP contribution in [0.3, 0.4) is 0 Å². The number of carbonyl (C=O) groups excluding carboxylic acids is 3. The van der Waals surface area contributed by atoms with Gasteiger partial charge < -0.3 is 15.4 Å². The predicted molar refractivity (Wildman–Crippen MR) is 60.8 cm³/mol. The maximum Gasteiger partial charge on any atom is 0.325 e.